The molecule has 21 heavy (non-hydrogen) atoms. The summed E-state index contributed by atoms with van der Waals surface area (Å²) in [6.45, 7) is 3.74. The van der Waals surface area contributed by atoms with Crippen LogP contribution in [0.3, 0.4) is 0 Å². The number of benzene rings is 1. The summed E-state index contributed by atoms with van der Waals surface area (Å²) in [6, 6.07) is 7.58. The second kappa shape index (κ2) is 5.65. The summed E-state index contributed by atoms with van der Waals surface area (Å²) in [7, 11) is 0. The molecule has 1 aromatic carbocycles. The Hall–Kier alpha value is -2.21. The lowest BCUT2D eigenvalue weighted by molar-refractivity contribution is 0.174. The Balaban J connectivity index is 1.84. The number of hydrogen-bond donors (Lipinski definition) is 1. The number of hydrogen-bond acceptors (Lipinski definition) is 6. The first-order chi connectivity index (χ1) is 10.2. The van der Waals surface area contributed by atoms with E-state index in [1.807, 2.05) is 25.1 Å². The molecule has 0 radical (unpaired) electrons. The highest BCUT2D eigenvalue weighted by atomic mass is 35.5. The Morgan fingerprint density at radius 3 is 2.81 bits per heavy atom. The third-order valence-electron chi connectivity index (χ3n) is 3.21. The van der Waals surface area contributed by atoms with Gasteiger partial charge in [-0.25, -0.2) is 4.98 Å². The van der Waals surface area contributed by atoms with E-state index in [1.165, 1.54) is 0 Å². The number of halogens is 1. The van der Waals surface area contributed by atoms with E-state index in [1.54, 1.807) is 6.07 Å². The Morgan fingerprint density at radius 1 is 1.24 bits per heavy atom. The molecule has 0 unspecified atom stereocenters. The third kappa shape index (κ3) is 2.95. The van der Waals surface area contributed by atoms with Crippen molar-refractivity contribution in [2.45, 2.75) is 13.5 Å². The predicted octanol–water partition coefficient (Wildman–Crippen LogP) is 2.47. The molecule has 0 bridgehead atoms. The normalized spacial score (nSPS) is 12.5. The van der Waals surface area contributed by atoms with Crippen LogP contribution in [0, 0.1) is 0 Å². The maximum absolute atomic E-state index is 5.94. The molecule has 3 rings (SSSR count). The molecular formula is C14H15ClN4O2. The Morgan fingerprint density at radius 2 is 2.05 bits per heavy atom. The number of aromatic nitrogens is 2. The number of fused-ring (bicyclic) bond motifs is 1. The smallest absolute Gasteiger partial charge is 0.231 e. The zero-order chi connectivity index (χ0) is 14.8. The lowest BCUT2D eigenvalue weighted by Gasteiger charge is -2.22. The van der Waals surface area contributed by atoms with Crippen molar-refractivity contribution >= 4 is 23.4 Å². The SMILES string of the molecule is CCN(Cc1ccc2c(c1)OCO2)c1cc(Cl)nc(N)n1. The maximum Gasteiger partial charge on any atom is 0.231 e. The molecule has 1 aliphatic rings. The fourth-order valence-electron chi connectivity index (χ4n) is 2.20. The Bertz CT molecular complexity index is 645. The van der Waals surface area contributed by atoms with Crippen molar-refractivity contribution in [1.82, 2.24) is 9.97 Å². The van der Waals surface area contributed by atoms with Crippen molar-refractivity contribution < 1.29 is 9.47 Å². The summed E-state index contributed by atoms with van der Waals surface area (Å²) >= 11 is 5.94. The van der Waals surface area contributed by atoms with E-state index < -0.39 is 0 Å². The summed E-state index contributed by atoms with van der Waals surface area (Å²) < 4.78 is 10.7. The maximum atomic E-state index is 5.94. The van der Waals surface area contributed by atoms with E-state index >= 15 is 0 Å². The van der Waals surface area contributed by atoms with Crippen LogP contribution in [0.4, 0.5) is 11.8 Å². The number of rotatable bonds is 4. The molecule has 0 amide bonds. The van der Waals surface area contributed by atoms with E-state index in [-0.39, 0.29) is 12.7 Å². The quantitative estimate of drug-likeness (QED) is 0.875. The first-order valence-electron chi connectivity index (χ1n) is 6.59. The first kappa shape index (κ1) is 13.8. The van der Waals surface area contributed by atoms with Gasteiger partial charge in [0.05, 0.1) is 0 Å². The van der Waals surface area contributed by atoms with Crippen LogP contribution >= 0.6 is 11.6 Å². The van der Waals surface area contributed by atoms with Crippen LogP contribution in [0.1, 0.15) is 12.5 Å². The molecule has 1 aliphatic heterocycles. The molecular weight excluding hydrogens is 292 g/mol. The number of nitrogens with zero attached hydrogens (tertiary/aromatic N) is 3. The van der Waals surface area contributed by atoms with Crippen molar-refractivity contribution in [2.24, 2.45) is 0 Å². The monoisotopic (exact) mass is 306 g/mol. The van der Waals surface area contributed by atoms with Crippen molar-refractivity contribution in [3.8, 4) is 11.5 Å². The van der Waals surface area contributed by atoms with Crippen molar-refractivity contribution in [2.75, 3.05) is 24.0 Å². The second-order valence-corrected chi connectivity index (χ2v) is 5.00. The average molecular weight is 307 g/mol. The summed E-state index contributed by atoms with van der Waals surface area (Å²) in [4.78, 5) is 10.2. The summed E-state index contributed by atoms with van der Waals surface area (Å²) in [5.41, 5.74) is 6.74. The molecule has 7 heteroatoms. The molecule has 0 saturated heterocycles. The van der Waals surface area contributed by atoms with Crippen LogP contribution in [-0.2, 0) is 6.54 Å². The topological polar surface area (TPSA) is 73.5 Å². The number of nitrogen functional groups attached to an aromatic ring is 1. The first-order valence-corrected chi connectivity index (χ1v) is 6.97. The zero-order valence-corrected chi connectivity index (χ0v) is 12.3. The minimum Gasteiger partial charge on any atom is -0.454 e. The van der Waals surface area contributed by atoms with Gasteiger partial charge < -0.3 is 20.1 Å². The van der Waals surface area contributed by atoms with E-state index in [4.69, 9.17) is 26.8 Å². The van der Waals surface area contributed by atoms with Crippen molar-refractivity contribution in [3.05, 3.63) is 35.0 Å². The van der Waals surface area contributed by atoms with Crippen molar-refractivity contribution in [3.63, 3.8) is 0 Å². The molecule has 0 spiro atoms. The predicted molar refractivity (Wildman–Crippen MR) is 80.7 cm³/mol. The van der Waals surface area contributed by atoms with Gasteiger partial charge in [0.1, 0.15) is 11.0 Å². The molecule has 2 aromatic rings. The van der Waals surface area contributed by atoms with Gasteiger partial charge in [0.15, 0.2) is 11.5 Å². The molecule has 2 N–H and O–H groups in total. The lowest BCUT2D eigenvalue weighted by atomic mass is 10.2. The van der Waals surface area contributed by atoms with Gasteiger partial charge in [-0.3, -0.25) is 0 Å². The largest absolute Gasteiger partial charge is 0.454 e. The van der Waals surface area contributed by atoms with E-state index in [0.717, 1.165) is 23.6 Å². The highest BCUT2D eigenvalue weighted by Gasteiger charge is 2.15. The summed E-state index contributed by atoms with van der Waals surface area (Å²) in [6.07, 6.45) is 0. The van der Waals surface area contributed by atoms with Gasteiger partial charge in [-0.05, 0) is 24.6 Å². The van der Waals surface area contributed by atoms with Crippen LogP contribution < -0.4 is 20.1 Å². The lowest BCUT2D eigenvalue weighted by Crippen LogP contribution is -2.23. The Labute approximate surface area is 127 Å². The van der Waals surface area contributed by atoms with E-state index in [9.17, 15) is 0 Å². The minimum atomic E-state index is 0.168. The highest BCUT2D eigenvalue weighted by molar-refractivity contribution is 6.29. The van der Waals surface area contributed by atoms with Crippen LogP contribution in [-0.4, -0.2) is 23.3 Å². The molecule has 1 aromatic heterocycles. The van der Waals surface area contributed by atoms with Crippen LogP contribution in [0.25, 0.3) is 0 Å². The third-order valence-corrected chi connectivity index (χ3v) is 3.41. The van der Waals surface area contributed by atoms with Crippen LogP contribution in [0.15, 0.2) is 24.3 Å². The van der Waals surface area contributed by atoms with Crippen LogP contribution in [0.2, 0.25) is 5.15 Å². The minimum absolute atomic E-state index is 0.168. The fraction of sp³-hybridized carbons (Fsp3) is 0.286. The number of anilines is 2. The summed E-state index contributed by atoms with van der Waals surface area (Å²) in [5, 5.41) is 0.335. The van der Waals surface area contributed by atoms with Crippen molar-refractivity contribution in [1.29, 1.82) is 0 Å². The van der Waals surface area contributed by atoms with Crippen LogP contribution in [0.5, 0.6) is 11.5 Å². The molecule has 0 atom stereocenters. The standard InChI is InChI=1S/C14H15ClN4O2/c1-2-19(13-6-12(15)17-14(16)18-13)7-9-3-4-10-11(5-9)21-8-20-10/h3-6H,2,7-8H2,1H3,(H2,16,17,18). The molecule has 0 fully saturated rings. The van der Waals surface area contributed by atoms with Gasteiger partial charge in [0, 0.05) is 19.2 Å². The molecule has 0 saturated carbocycles. The van der Waals surface area contributed by atoms with E-state index in [0.29, 0.717) is 17.5 Å². The second-order valence-electron chi connectivity index (χ2n) is 4.61. The molecule has 2 heterocycles. The summed E-state index contributed by atoms with van der Waals surface area (Å²) in [5.74, 6) is 2.41. The zero-order valence-electron chi connectivity index (χ0n) is 11.5. The highest BCUT2D eigenvalue weighted by Crippen LogP contribution is 2.33. The van der Waals surface area contributed by atoms with Gasteiger partial charge in [0.25, 0.3) is 0 Å². The van der Waals surface area contributed by atoms with Gasteiger partial charge >= 0.3 is 0 Å². The average Bonchev–Trinajstić information content (AvgIpc) is 2.91. The van der Waals surface area contributed by atoms with Gasteiger partial charge in [-0.1, -0.05) is 17.7 Å². The molecule has 110 valence electrons. The van der Waals surface area contributed by atoms with Gasteiger partial charge in [-0.2, -0.15) is 4.98 Å². The molecule has 0 aliphatic carbocycles. The van der Waals surface area contributed by atoms with Gasteiger partial charge in [-0.15, -0.1) is 0 Å². The van der Waals surface area contributed by atoms with Gasteiger partial charge in [0.2, 0.25) is 12.7 Å². The fourth-order valence-corrected chi connectivity index (χ4v) is 2.38. The number of ether oxygens (including phenoxy) is 2. The Kier molecular flexibility index (Phi) is 3.70. The van der Waals surface area contributed by atoms with E-state index in [2.05, 4.69) is 14.9 Å². The molecule has 6 nitrogen and oxygen atoms in total. The number of nitrogens with two attached hydrogens (primary N) is 1.